The Morgan fingerprint density at radius 3 is 2.33 bits per heavy atom. The van der Waals surface area contributed by atoms with Crippen LogP contribution >= 0.6 is 0 Å². The maximum atomic E-state index is 13.0. The fourth-order valence-corrected chi connectivity index (χ4v) is 4.44. The number of para-hydroxylation sites is 1. The molecule has 30 heavy (non-hydrogen) atoms. The molecular formula is C24H27N3O3. The summed E-state index contributed by atoms with van der Waals surface area (Å²) in [4.78, 5) is 39.3. The molecule has 2 aliphatic rings. The molecule has 0 radical (unpaired) electrons. The maximum Gasteiger partial charge on any atom is 0.325 e. The zero-order valence-corrected chi connectivity index (χ0v) is 17.0. The van der Waals surface area contributed by atoms with Gasteiger partial charge in [-0.1, -0.05) is 74.2 Å². The van der Waals surface area contributed by atoms with Crippen LogP contribution in [-0.2, 0) is 16.0 Å². The van der Waals surface area contributed by atoms with Gasteiger partial charge in [-0.05, 0) is 36.5 Å². The minimum atomic E-state index is -0.820. The molecule has 6 nitrogen and oxygen atoms in total. The molecular weight excluding hydrogens is 378 g/mol. The van der Waals surface area contributed by atoms with Crippen molar-refractivity contribution in [1.29, 1.82) is 0 Å². The standard InChI is InChI=1S/C24H27N3O3/c28-21(17-27-22(29)24(26-23(27)30)14-8-1-2-9-15-24)25-20-13-7-6-12-19(20)16-18-10-4-3-5-11-18/h3-7,10-13H,1-2,8-9,14-17H2,(H,25,28)(H,26,30). The second-order valence-electron chi connectivity index (χ2n) is 8.19. The van der Waals surface area contributed by atoms with Crippen molar-refractivity contribution in [2.24, 2.45) is 0 Å². The molecule has 0 bridgehead atoms. The molecule has 1 spiro atoms. The van der Waals surface area contributed by atoms with Crippen LogP contribution in [0.1, 0.15) is 49.7 Å². The predicted octanol–water partition coefficient (Wildman–Crippen LogP) is 3.86. The van der Waals surface area contributed by atoms with Crippen molar-refractivity contribution in [3.8, 4) is 0 Å². The highest BCUT2D eigenvalue weighted by Gasteiger charge is 2.51. The van der Waals surface area contributed by atoms with Gasteiger partial charge in [0.25, 0.3) is 5.91 Å². The highest BCUT2D eigenvalue weighted by atomic mass is 16.2. The lowest BCUT2D eigenvalue weighted by Crippen LogP contribution is -2.47. The van der Waals surface area contributed by atoms with Crippen molar-refractivity contribution < 1.29 is 14.4 Å². The number of carbonyl (C=O) groups is 3. The largest absolute Gasteiger partial charge is 0.325 e. The monoisotopic (exact) mass is 405 g/mol. The molecule has 6 heteroatoms. The van der Waals surface area contributed by atoms with Crippen molar-refractivity contribution in [2.45, 2.75) is 50.5 Å². The molecule has 4 rings (SSSR count). The molecule has 1 saturated carbocycles. The first-order valence-corrected chi connectivity index (χ1v) is 10.6. The Morgan fingerprint density at radius 2 is 1.60 bits per heavy atom. The Kier molecular flexibility index (Phi) is 5.84. The summed E-state index contributed by atoms with van der Waals surface area (Å²) in [5.74, 6) is -0.633. The van der Waals surface area contributed by atoms with Gasteiger partial charge in [0.2, 0.25) is 5.91 Å². The van der Waals surface area contributed by atoms with Gasteiger partial charge in [-0.2, -0.15) is 0 Å². The van der Waals surface area contributed by atoms with Gasteiger partial charge in [0.15, 0.2) is 0 Å². The number of benzene rings is 2. The Labute approximate surface area is 176 Å². The van der Waals surface area contributed by atoms with Gasteiger partial charge in [0.1, 0.15) is 12.1 Å². The Balaban J connectivity index is 1.44. The van der Waals surface area contributed by atoms with Gasteiger partial charge in [0.05, 0.1) is 0 Å². The number of anilines is 1. The number of carbonyl (C=O) groups excluding carboxylic acids is 3. The summed E-state index contributed by atoms with van der Waals surface area (Å²) >= 11 is 0. The zero-order valence-electron chi connectivity index (χ0n) is 17.0. The highest BCUT2D eigenvalue weighted by molar-refractivity contribution is 6.10. The van der Waals surface area contributed by atoms with E-state index in [-0.39, 0.29) is 18.4 Å². The van der Waals surface area contributed by atoms with Gasteiger partial charge < -0.3 is 10.6 Å². The molecule has 1 aliphatic carbocycles. The van der Waals surface area contributed by atoms with E-state index < -0.39 is 11.6 Å². The highest BCUT2D eigenvalue weighted by Crippen LogP contribution is 2.32. The summed E-state index contributed by atoms with van der Waals surface area (Å²) in [6, 6.07) is 17.2. The topological polar surface area (TPSA) is 78.5 Å². The lowest BCUT2D eigenvalue weighted by molar-refractivity contribution is -0.134. The van der Waals surface area contributed by atoms with Crippen molar-refractivity contribution >= 4 is 23.5 Å². The lowest BCUT2D eigenvalue weighted by Gasteiger charge is -2.24. The number of amides is 4. The molecule has 1 saturated heterocycles. The van der Waals surface area contributed by atoms with E-state index in [0.29, 0.717) is 24.9 Å². The average Bonchev–Trinajstić information content (AvgIpc) is 2.91. The molecule has 0 unspecified atom stereocenters. The summed E-state index contributed by atoms with van der Waals surface area (Å²) in [7, 11) is 0. The van der Waals surface area contributed by atoms with Gasteiger partial charge >= 0.3 is 6.03 Å². The van der Waals surface area contributed by atoms with Crippen LogP contribution in [0.5, 0.6) is 0 Å². The molecule has 2 fully saturated rings. The first-order chi connectivity index (χ1) is 14.6. The Morgan fingerprint density at radius 1 is 0.933 bits per heavy atom. The van der Waals surface area contributed by atoms with Crippen LogP contribution < -0.4 is 10.6 Å². The van der Waals surface area contributed by atoms with E-state index in [9.17, 15) is 14.4 Å². The summed E-state index contributed by atoms with van der Waals surface area (Å²) in [6.45, 7) is -0.272. The third-order valence-electron chi connectivity index (χ3n) is 6.03. The van der Waals surface area contributed by atoms with Crippen LogP contribution in [0.3, 0.4) is 0 Å². The molecule has 0 atom stereocenters. The molecule has 1 heterocycles. The van der Waals surface area contributed by atoms with Crippen molar-refractivity contribution in [3.05, 3.63) is 65.7 Å². The van der Waals surface area contributed by atoms with Gasteiger partial charge in [-0.3, -0.25) is 14.5 Å². The van der Waals surface area contributed by atoms with Gasteiger partial charge in [-0.15, -0.1) is 0 Å². The average molecular weight is 405 g/mol. The number of rotatable bonds is 5. The predicted molar refractivity (Wildman–Crippen MR) is 115 cm³/mol. The van der Waals surface area contributed by atoms with Crippen LogP contribution in [0.25, 0.3) is 0 Å². The third-order valence-corrected chi connectivity index (χ3v) is 6.03. The number of hydrogen-bond acceptors (Lipinski definition) is 3. The van der Waals surface area contributed by atoms with Crippen LogP contribution in [0, 0.1) is 0 Å². The number of nitrogens with one attached hydrogen (secondary N) is 2. The Bertz CT molecular complexity index is 934. The van der Waals surface area contributed by atoms with E-state index in [1.54, 1.807) is 0 Å². The second-order valence-corrected chi connectivity index (χ2v) is 8.19. The fraction of sp³-hybridized carbons (Fsp3) is 0.375. The molecule has 2 aromatic rings. The molecule has 4 amide bonds. The van der Waals surface area contributed by atoms with Crippen molar-refractivity contribution in [1.82, 2.24) is 10.2 Å². The van der Waals surface area contributed by atoms with E-state index in [2.05, 4.69) is 10.6 Å². The summed E-state index contributed by atoms with van der Waals surface area (Å²) in [5, 5.41) is 5.77. The third kappa shape index (κ3) is 4.22. The molecule has 2 aromatic carbocycles. The molecule has 2 N–H and O–H groups in total. The van der Waals surface area contributed by atoms with E-state index in [0.717, 1.165) is 41.7 Å². The minimum Gasteiger partial charge on any atom is -0.324 e. The van der Waals surface area contributed by atoms with Crippen LogP contribution in [0.15, 0.2) is 54.6 Å². The van der Waals surface area contributed by atoms with E-state index >= 15 is 0 Å². The lowest BCUT2D eigenvalue weighted by atomic mass is 9.90. The van der Waals surface area contributed by atoms with Crippen molar-refractivity contribution in [3.63, 3.8) is 0 Å². The Hall–Kier alpha value is -3.15. The second kappa shape index (κ2) is 8.69. The van der Waals surface area contributed by atoms with Crippen molar-refractivity contribution in [2.75, 3.05) is 11.9 Å². The van der Waals surface area contributed by atoms with Gasteiger partial charge in [-0.25, -0.2) is 4.79 Å². The van der Waals surface area contributed by atoms with Gasteiger partial charge in [0, 0.05) is 5.69 Å². The fourth-order valence-electron chi connectivity index (χ4n) is 4.44. The molecule has 1 aliphatic heterocycles. The van der Waals surface area contributed by atoms with E-state index in [1.165, 1.54) is 0 Å². The smallest absolute Gasteiger partial charge is 0.324 e. The normalized spacial score (nSPS) is 18.2. The van der Waals surface area contributed by atoms with Crippen LogP contribution in [-0.4, -0.2) is 34.8 Å². The molecule has 156 valence electrons. The number of hydrogen-bond donors (Lipinski definition) is 2. The maximum absolute atomic E-state index is 13.0. The van der Waals surface area contributed by atoms with Crippen LogP contribution in [0.2, 0.25) is 0 Å². The number of imide groups is 1. The first kappa shape index (κ1) is 20.1. The van der Waals surface area contributed by atoms with E-state index in [1.807, 2.05) is 54.6 Å². The summed E-state index contributed by atoms with van der Waals surface area (Å²) in [6.07, 6.45) is 5.96. The summed E-state index contributed by atoms with van der Waals surface area (Å²) in [5.41, 5.74) is 2.00. The number of nitrogens with zero attached hydrogens (tertiary/aromatic N) is 1. The van der Waals surface area contributed by atoms with E-state index in [4.69, 9.17) is 0 Å². The quantitative estimate of drug-likeness (QED) is 0.742. The summed E-state index contributed by atoms with van der Waals surface area (Å²) < 4.78 is 0. The number of urea groups is 1. The van der Waals surface area contributed by atoms with Crippen LogP contribution in [0.4, 0.5) is 10.5 Å². The zero-order chi connectivity index (χ0) is 21.0. The minimum absolute atomic E-state index is 0.262. The SMILES string of the molecule is O=C(CN1C(=O)NC2(CCCCCC2)C1=O)Nc1ccccc1Cc1ccccc1. The first-order valence-electron chi connectivity index (χ1n) is 10.6. The molecule has 0 aromatic heterocycles.